The average molecular weight is 428 g/mol. The number of hydrogen-bond acceptors (Lipinski definition) is 5. The molecule has 4 rings (SSSR count). The molecular weight excluding hydrogens is 408 g/mol. The van der Waals surface area contributed by atoms with Crippen LogP contribution in [0.5, 0.6) is 0 Å². The third kappa shape index (κ3) is 4.46. The van der Waals surface area contributed by atoms with Gasteiger partial charge in [0.25, 0.3) is 11.8 Å². The molecule has 3 aromatic heterocycles. The Morgan fingerprint density at radius 3 is 2.53 bits per heavy atom. The minimum atomic E-state index is -0.480. The number of nitrogens with zero attached hydrogens (tertiary/aromatic N) is 3. The summed E-state index contributed by atoms with van der Waals surface area (Å²) in [5.74, 6) is -0.155. The van der Waals surface area contributed by atoms with E-state index in [1.165, 1.54) is 16.9 Å². The van der Waals surface area contributed by atoms with Crippen LogP contribution in [0.1, 0.15) is 26.3 Å². The van der Waals surface area contributed by atoms with Crippen LogP contribution >= 0.6 is 0 Å². The monoisotopic (exact) mass is 428 g/mol. The number of carbonyl (C=O) groups is 2. The predicted molar refractivity (Wildman–Crippen MR) is 118 cm³/mol. The first-order chi connectivity index (χ1) is 15.5. The number of hydrogen-bond donors (Lipinski definition) is 3. The highest BCUT2D eigenvalue weighted by molar-refractivity contribution is 5.94. The second-order valence-corrected chi connectivity index (χ2v) is 6.94. The van der Waals surface area contributed by atoms with E-state index in [9.17, 15) is 14.4 Å². The summed E-state index contributed by atoms with van der Waals surface area (Å²) in [7, 11) is 1.59. The van der Waals surface area contributed by atoms with Crippen molar-refractivity contribution >= 4 is 11.8 Å². The summed E-state index contributed by atoms with van der Waals surface area (Å²) in [4.78, 5) is 43.7. The Morgan fingerprint density at radius 2 is 1.91 bits per heavy atom. The smallest absolute Gasteiger partial charge is 0.257 e. The van der Waals surface area contributed by atoms with Gasteiger partial charge in [-0.1, -0.05) is 18.2 Å². The molecule has 0 radical (unpaired) electrons. The molecule has 0 saturated carbocycles. The summed E-state index contributed by atoms with van der Waals surface area (Å²) in [6.07, 6.45) is 6.32. The van der Waals surface area contributed by atoms with Crippen molar-refractivity contribution in [3.8, 4) is 17.1 Å². The molecule has 1 aromatic carbocycles. The first kappa shape index (κ1) is 20.7. The normalized spacial score (nSPS) is 10.5. The molecule has 0 atom stereocenters. The molecule has 9 nitrogen and oxygen atoms in total. The molecule has 0 unspecified atom stereocenters. The molecule has 9 heteroatoms. The van der Waals surface area contributed by atoms with Gasteiger partial charge in [0.05, 0.1) is 5.69 Å². The quantitative estimate of drug-likeness (QED) is 0.433. The molecule has 160 valence electrons. The first-order valence-electron chi connectivity index (χ1n) is 9.83. The Labute approximate surface area is 183 Å². The molecule has 2 amide bonds. The number of carbonyl (C=O) groups excluding carboxylic acids is 2. The Kier molecular flexibility index (Phi) is 5.89. The van der Waals surface area contributed by atoms with E-state index in [1.807, 2.05) is 24.3 Å². The summed E-state index contributed by atoms with van der Waals surface area (Å²) in [6, 6.07) is 13.9. The number of rotatable bonds is 6. The average Bonchev–Trinajstić information content (AvgIpc) is 3.37. The molecule has 0 fully saturated rings. The van der Waals surface area contributed by atoms with Crippen molar-refractivity contribution < 1.29 is 9.59 Å². The SMILES string of the molecule is CNC(=O)c1ccc(-c2ccc(CNC(=O)c3c[nH]c(-n4cccn4)cc3=O)cn2)cc1. The van der Waals surface area contributed by atoms with Crippen molar-refractivity contribution in [3.05, 3.63) is 100 Å². The van der Waals surface area contributed by atoms with Crippen LogP contribution in [0.3, 0.4) is 0 Å². The highest BCUT2D eigenvalue weighted by atomic mass is 16.2. The minimum absolute atomic E-state index is 0.0155. The molecule has 0 aliphatic heterocycles. The lowest BCUT2D eigenvalue weighted by atomic mass is 10.1. The lowest BCUT2D eigenvalue weighted by molar-refractivity contribution is 0.0945. The Bertz CT molecular complexity index is 1290. The number of pyridine rings is 2. The van der Waals surface area contributed by atoms with E-state index in [1.54, 1.807) is 43.8 Å². The van der Waals surface area contributed by atoms with Crippen molar-refractivity contribution in [2.24, 2.45) is 0 Å². The molecule has 0 saturated heterocycles. The number of H-pyrrole nitrogens is 1. The van der Waals surface area contributed by atoms with Crippen molar-refractivity contribution in [1.29, 1.82) is 0 Å². The van der Waals surface area contributed by atoms with E-state index in [0.29, 0.717) is 11.4 Å². The van der Waals surface area contributed by atoms with Gasteiger partial charge < -0.3 is 15.6 Å². The molecule has 3 heterocycles. The van der Waals surface area contributed by atoms with Crippen LogP contribution in [-0.2, 0) is 6.54 Å². The van der Waals surface area contributed by atoms with Crippen LogP contribution in [0, 0.1) is 0 Å². The fourth-order valence-corrected chi connectivity index (χ4v) is 3.10. The maximum atomic E-state index is 12.4. The van der Waals surface area contributed by atoms with Gasteiger partial charge in [-0.15, -0.1) is 0 Å². The molecule has 0 bridgehead atoms. The third-order valence-corrected chi connectivity index (χ3v) is 4.84. The first-order valence-corrected chi connectivity index (χ1v) is 9.83. The standard InChI is InChI=1S/C23H20N6O3/c1-24-22(31)17-6-4-16(5-7-17)19-8-3-15(12-25-19)13-27-23(32)18-14-26-21(11-20(18)30)29-10-2-9-28-29/h2-12,14H,13H2,1H3,(H,24,31)(H,26,30)(H,27,32). The Balaban J connectivity index is 1.39. The third-order valence-electron chi connectivity index (χ3n) is 4.84. The van der Waals surface area contributed by atoms with Crippen molar-refractivity contribution in [2.75, 3.05) is 7.05 Å². The fourth-order valence-electron chi connectivity index (χ4n) is 3.10. The van der Waals surface area contributed by atoms with Gasteiger partial charge >= 0.3 is 0 Å². The summed E-state index contributed by atoms with van der Waals surface area (Å²) in [5, 5.41) is 9.36. The van der Waals surface area contributed by atoms with Gasteiger partial charge in [-0.05, 0) is 29.8 Å². The summed E-state index contributed by atoms with van der Waals surface area (Å²) in [6.45, 7) is 0.224. The van der Waals surface area contributed by atoms with Crippen LogP contribution in [-0.4, -0.2) is 38.6 Å². The second-order valence-electron chi connectivity index (χ2n) is 6.94. The number of amides is 2. The summed E-state index contributed by atoms with van der Waals surface area (Å²) >= 11 is 0. The maximum Gasteiger partial charge on any atom is 0.257 e. The van der Waals surface area contributed by atoms with Crippen molar-refractivity contribution in [2.45, 2.75) is 6.54 Å². The summed E-state index contributed by atoms with van der Waals surface area (Å²) < 4.78 is 1.50. The Morgan fingerprint density at radius 1 is 1.09 bits per heavy atom. The van der Waals surface area contributed by atoms with E-state index in [-0.39, 0.29) is 18.0 Å². The lowest BCUT2D eigenvalue weighted by Gasteiger charge is -2.07. The van der Waals surface area contributed by atoms with Crippen molar-refractivity contribution in [3.63, 3.8) is 0 Å². The van der Waals surface area contributed by atoms with Gasteiger partial charge in [-0.2, -0.15) is 5.10 Å². The molecule has 32 heavy (non-hydrogen) atoms. The largest absolute Gasteiger partial charge is 0.355 e. The van der Waals surface area contributed by atoms with Crippen LogP contribution in [0.25, 0.3) is 17.1 Å². The number of benzene rings is 1. The van der Waals surface area contributed by atoms with E-state index >= 15 is 0 Å². The topological polar surface area (TPSA) is 122 Å². The van der Waals surface area contributed by atoms with Crippen LogP contribution < -0.4 is 16.1 Å². The van der Waals surface area contributed by atoms with E-state index in [4.69, 9.17) is 0 Å². The zero-order valence-corrected chi connectivity index (χ0v) is 17.2. The van der Waals surface area contributed by atoms with E-state index < -0.39 is 11.3 Å². The predicted octanol–water partition coefficient (Wildman–Crippen LogP) is 1.91. The van der Waals surface area contributed by atoms with Gasteiger partial charge in [-0.25, -0.2) is 4.68 Å². The minimum Gasteiger partial charge on any atom is -0.355 e. The second kappa shape index (κ2) is 9.09. The molecule has 0 aliphatic rings. The zero-order chi connectivity index (χ0) is 22.5. The molecular formula is C23H20N6O3. The Hall–Kier alpha value is -4.53. The molecule has 0 spiro atoms. The molecule has 0 aliphatic carbocycles. The maximum absolute atomic E-state index is 12.4. The molecule has 4 aromatic rings. The number of nitrogens with one attached hydrogen (secondary N) is 3. The van der Waals surface area contributed by atoms with Gasteiger partial charge in [0.1, 0.15) is 11.4 Å². The highest BCUT2D eigenvalue weighted by Crippen LogP contribution is 2.18. The highest BCUT2D eigenvalue weighted by Gasteiger charge is 2.12. The lowest BCUT2D eigenvalue weighted by Crippen LogP contribution is -2.28. The van der Waals surface area contributed by atoms with E-state index in [2.05, 4.69) is 25.7 Å². The summed E-state index contributed by atoms with van der Waals surface area (Å²) in [5.41, 5.74) is 2.59. The van der Waals surface area contributed by atoms with E-state index in [0.717, 1.165) is 16.8 Å². The van der Waals surface area contributed by atoms with Crippen LogP contribution in [0.4, 0.5) is 0 Å². The number of aromatic amines is 1. The van der Waals surface area contributed by atoms with Gasteiger partial charge in [0.15, 0.2) is 5.43 Å². The van der Waals surface area contributed by atoms with Gasteiger partial charge in [-0.3, -0.25) is 19.4 Å². The zero-order valence-electron chi connectivity index (χ0n) is 17.2. The van der Waals surface area contributed by atoms with Crippen molar-refractivity contribution in [1.82, 2.24) is 30.4 Å². The fraction of sp³-hybridized carbons (Fsp3) is 0.0870. The van der Waals surface area contributed by atoms with Crippen LogP contribution in [0.2, 0.25) is 0 Å². The molecule has 3 N–H and O–H groups in total. The number of aromatic nitrogens is 4. The van der Waals surface area contributed by atoms with Gasteiger partial charge in [0, 0.05) is 55.6 Å². The van der Waals surface area contributed by atoms with Crippen LogP contribution in [0.15, 0.2) is 78.1 Å². The van der Waals surface area contributed by atoms with Gasteiger partial charge in [0.2, 0.25) is 0 Å².